The maximum atomic E-state index is 10.7. The van der Waals surface area contributed by atoms with Crippen LogP contribution in [0.25, 0.3) is 0 Å². The van der Waals surface area contributed by atoms with Crippen molar-refractivity contribution in [3.05, 3.63) is 5.82 Å². The number of aryl methyl sites for hydroxylation is 1. The van der Waals surface area contributed by atoms with Crippen LogP contribution in [0.5, 0.6) is 0 Å². The predicted octanol–water partition coefficient (Wildman–Crippen LogP) is 0.131. The Morgan fingerprint density at radius 3 is 2.50 bits per heavy atom. The van der Waals surface area contributed by atoms with Crippen LogP contribution in [0.3, 0.4) is 0 Å². The summed E-state index contributed by atoms with van der Waals surface area (Å²) >= 11 is 0. The number of hydrogen-bond donors (Lipinski definition) is 2. The van der Waals surface area contributed by atoms with Crippen LogP contribution in [0.4, 0.5) is 11.9 Å². The van der Waals surface area contributed by atoms with Gasteiger partial charge in [0, 0.05) is 14.1 Å². The molecule has 0 aliphatic rings. The molecule has 0 radical (unpaired) electrons. The lowest BCUT2D eigenvalue weighted by molar-refractivity contribution is -0.137. The third-order valence-corrected chi connectivity index (χ3v) is 1.85. The number of nitrogens with zero attached hydrogens (tertiary/aromatic N) is 4. The fourth-order valence-corrected chi connectivity index (χ4v) is 0.988. The zero-order chi connectivity index (χ0) is 12.3. The number of carboxylic acids is 1. The molecular formula is C9H15N5O2. The van der Waals surface area contributed by atoms with Crippen LogP contribution in [0.2, 0.25) is 0 Å². The number of carbonyl (C=O) groups is 1. The standard InChI is InChI=1S/C9H15N5O2/c1-5(7(15)16)10-8-11-6(2)12-9(13-8)14(3)4/h5H,1-4H3,(H,15,16)(H,10,11,12,13)/t5-/m1/s1. The van der Waals surface area contributed by atoms with Crippen LogP contribution in [0.15, 0.2) is 0 Å². The second-order valence-electron chi connectivity index (χ2n) is 3.60. The molecular weight excluding hydrogens is 210 g/mol. The van der Waals surface area contributed by atoms with Crippen LogP contribution in [0.1, 0.15) is 12.7 Å². The van der Waals surface area contributed by atoms with E-state index >= 15 is 0 Å². The minimum absolute atomic E-state index is 0.270. The molecule has 88 valence electrons. The molecule has 1 heterocycles. The molecule has 0 saturated heterocycles. The van der Waals surface area contributed by atoms with Crippen molar-refractivity contribution >= 4 is 17.9 Å². The average molecular weight is 225 g/mol. The number of aliphatic carboxylic acids is 1. The zero-order valence-electron chi connectivity index (χ0n) is 9.72. The van der Waals surface area contributed by atoms with Gasteiger partial charge >= 0.3 is 5.97 Å². The van der Waals surface area contributed by atoms with E-state index in [-0.39, 0.29) is 5.95 Å². The molecule has 7 nitrogen and oxygen atoms in total. The molecule has 0 amide bonds. The molecule has 1 atom stereocenters. The van der Waals surface area contributed by atoms with Gasteiger partial charge in [0.1, 0.15) is 11.9 Å². The van der Waals surface area contributed by atoms with Gasteiger partial charge in [-0.15, -0.1) is 0 Å². The molecule has 1 aromatic heterocycles. The van der Waals surface area contributed by atoms with E-state index in [4.69, 9.17) is 5.11 Å². The van der Waals surface area contributed by atoms with Gasteiger partial charge in [-0.25, -0.2) is 0 Å². The summed E-state index contributed by atoms with van der Waals surface area (Å²) in [4.78, 5) is 24.6. The second kappa shape index (κ2) is 4.73. The second-order valence-corrected chi connectivity index (χ2v) is 3.60. The van der Waals surface area contributed by atoms with Gasteiger partial charge in [-0.2, -0.15) is 15.0 Å². The van der Waals surface area contributed by atoms with Gasteiger partial charge in [-0.1, -0.05) is 0 Å². The Balaban J connectivity index is 2.92. The van der Waals surface area contributed by atoms with Gasteiger partial charge in [0.25, 0.3) is 0 Å². The van der Waals surface area contributed by atoms with Gasteiger partial charge in [0.15, 0.2) is 0 Å². The molecule has 1 aromatic rings. The Hall–Kier alpha value is -1.92. The quantitative estimate of drug-likeness (QED) is 0.752. The van der Waals surface area contributed by atoms with E-state index in [0.29, 0.717) is 11.8 Å². The molecule has 0 spiro atoms. The number of anilines is 2. The number of nitrogens with one attached hydrogen (secondary N) is 1. The lowest BCUT2D eigenvalue weighted by atomic mass is 10.3. The normalized spacial score (nSPS) is 12.0. The van der Waals surface area contributed by atoms with E-state index in [2.05, 4.69) is 20.3 Å². The van der Waals surface area contributed by atoms with Crippen molar-refractivity contribution in [1.29, 1.82) is 0 Å². The molecule has 1 rings (SSSR count). The molecule has 0 aromatic carbocycles. The fourth-order valence-electron chi connectivity index (χ4n) is 0.988. The van der Waals surface area contributed by atoms with E-state index in [9.17, 15) is 4.79 Å². The third kappa shape index (κ3) is 3.04. The predicted molar refractivity (Wildman–Crippen MR) is 59.6 cm³/mol. The van der Waals surface area contributed by atoms with Gasteiger partial charge in [-0.3, -0.25) is 4.79 Å². The molecule has 0 saturated carbocycles. The Morgan fingerprint density at radius 2 is 2.00 bits per heavy atom. The summed E-state index contributed by atoms with van der Waals surface area (Å²) in [6.07, 6.45) is 0. The smallest absolute Gasteiger partial charge is 0.325 e. The summed E-state index contributed by atoms with van der Waals surface area (Å²) in [6, 6.07) is -0.739. The van der Waals surface area contributed by atoms with E-state index in [1.807, 2.05) is 0 Å². The Kier molecular flexibility index (Phi) is 3.60. The molecule has 0 bridgehead atoms. The first-order valence-electron chi connectivity index (χ1n) is 4.79. The van der Waals surface area contributed by atoms with Gasteiger partial charge in [0.2, 0.25) is 11.9 Å². The van der Waals surface area contributed by atoms with E-state index in [1.54, 1.807) is 25.9 Å². The fraction of sp³-hybridized carbons (Fsp3) is 0.556. The number of aromatic nitrogens is 3. The van der Waals surface area contributed by atoms with Crippen molar-refractivity contribution in [3.8, 4) is 0 Å². The monoisotopic (exact) mass is 225 g/mol. The highest BCUT2D eigenvalue weighted by atomic mass is 16.4. The highest BCUT2D eigenvalue weighted by molar-refractivity contribution is 5.75. The SMILES string of the molecule is Cc1nc(N[C@H](C)C(=O)O)nc(N(C)C)n1. The minimum atomic E-state index is -0.954. The lowest BCUT2D eigenvalue weighted by Crippen LogP contribution is -2.27. The molecule has 7 heteroatoms. The summed E-state index contributed by atoms with van der Waals surface area (Å²) in [7, 11) is 3.61. The van der Waals surface area contributed by atoms with E-state index < -0.39 is 12.0 Å². The Labute approximate surface area is 93.5 Å². The highest BCUT2D eigenvalue weighted by Gasteiger charge is 2.13. The lowest BCUT2D eigenvalue weighted by Gasteiger charge is -2.13. The molecule has 16 heavy (non-hydrogen) atoms. The topological polar surface area (TPSA) is 91.2 Å². The first-order chi connectivity index (χ1) is 7.40. The number of carboxylic acid groups (broad SMARTS) is 1. The first kappa shape index (κ1) is 12.2. The summed E-state index contributed by atoms with van der Waals surface area (Å²) in [5.41, 5.74) is 0. The van der Waals surface area contributed by atoms with Gasteiger partial charge in [-0.05, 0) is 13.8 Å². The molecule has 2 N–H and O–H groups in total. The highest BCUT2D eigenvalue weighted by Crippen LogP contribution is 2.08. The van der Waals surface area contributed by atoms with Crippen LogP contribution in [0, 0.1) is 6.92 Å². The van der Waals surface area contributed by atoms with Gasteiger partial charge < -0.3 is 15.3 Å². The van der Waals surface area contributed by atoms with Crippen LogP contribution in [-0.4, -0.2) is 46.2 Å². The van der Waals surface area contributed by atoms with Crippen LogP contribution >= 0.6 is 0 Å². The van der Waals surface area contributed by atoms with Crippen molar-refractivity contribution in [2.75, 3.05) is 24.3 Å². The van der Waals surface area contributed by atoms with E-state index in [1.165, 1.54) is 6.92 Å². The summed E-state index contributed by atoms with van der Waals surface area (Å²) in [5.74, 6) is 0.349. The number of hydrogen-bond acceptors (Lipinski definition) is 6. The van der Waals surface area contributed by atoms with E-state index in [0.717, 1.165) is 0 Å². The summed E-state index contributed by atoms with van der Waals surface area (Å²) in [6.45, 7) is 3.25. The van der Waals surface area contributed by atoms with Crippen molar-refractivity contribution < 1.29 is 9.90 Å². The average Bonchev–Trinajstić information content (AvgIpc) is 2.16. The van der Waals surface area contributed by atoms with Crippen molar-refractivity contribution in [2.24, 2.45) is 0 Å². The summed E-state index contributed by atoms with van der Waals surface area (Å²) in [5, 5.41) is 11.4. The molecule has 0 aliphatic heterocycles. The van der Waals surface area contributed by atoms with Crippen LogP contribution in [-0.2, 0) is 4.79 Å². The third-order valence-electron chi connectivity index (χ3n) is 1.85. The minimum Gasteiger partial charge on any atom is -0.480 e. The van der Waals surface area contributed by atoms with Crippen molar-refractivity contribution in [3.63, 3.8) is 0 Å². The molecule has 0 aliphatic carbocycles. The summed E-state index contributed by atoms with van der Waals surface area (Å²) < 4.78 is 0. The first-order valence-corrected chi connectivity index (χ1v) is 4.79. The maximum absolute atomic E-state index is 10.7. The Bertz CT molecular complexity index is 393. The molecule has 0 unspecified atom stereocenters. The maximum Gasteiger partial charge on any atom is 0.325 e. The largest absolute Gasteiger partial charge is 0.480 e. The van der Waals surface area contributed by atoms with Gasteiger partial charge in [0.05, 0.1) is 0 Å². The van der Waals surface area contributed by atoms with Crippen molar-refractivity contribution in [2.45, 2.75) is 19.9 Å². The number of rotatable bonds is 4. The van der Waals surface area contributed by atoms with Crippen LogP contribution < -0.4 is 10.2 Å². The Morgan fingerprint density at radius 1 is 1.38 bits per heavy atom. The zero-order valence-corrected chi connectivity index (χ0v) is 9.72. The van der Waals surface area contributed by atoms with Crippen molar-refractivity contribution in [1.82, 2.24) is 15.0 Å². The molecule has 0 fully saturated rings.